The number of methoxy groups -OCH3 is 1. The molecule has 0 aromatic heterocycles. The third-order valence-corrected chi connectivity index (χ3v) is 5.39. The molecular formula is C24H28N2O5. The molecular weight excluding hydrogens is 396 g/mol. The molecule has 7 nitrogen and oxygen atoms in total. The Bertz CT molecular complexity index is 970. The van der Waals surface area contributed by atoms with E-state index in [1.807, 2.05) is 37.3 Å². The van der Waals surface area contributed by atoms with Gasteiger partial charge in [0.2, 0.25) is 5.91 Å². The largest absolute Gasteiger partial charge is 0.495 e. The number of esters is 1. The van der Waals surface area contributed by atoms with Crippen LogP contribution in [0.2, 0.25) is 0 Å². The van der Waals surface area contributed by atoms with Crippen LogP contribution in [-0.4, -0.2) is 37.5 Å². The van der Waals surface area contributed by atoms with Crippen molar-refractivity contribution in [2.45, 2.75) is 39.7 Å². The number of rotatable bonds is 7. The molecule has 2 aromatic rings. The molecule has 7 heteroatoms. The summed E-state index contributed by atoms with van der Waals surface area (Å²) >= 11 is 0. The Hall–Kier alpha value is -3.35. The first-order valence-electron chi connectivity index (χ1n) is 10.4. The zero-order valence-electron chi connectivity index (χ0n) is 18.3. The Morgan fingerprint density at radius 1 is 1.19 bits per heavy atom. The molecule has 0 spiro atoms. The van der Waals surface area contributed by atoms with Crippen molar-refractivity contribution in [1.29, 1.82) is 0 Å². The number of nitrogens with one attached hydrogen (secondary N) is 1. The Morgan fingerprint density at radius 3 is 2.55 bits per heavy atom. The second-order valence-electron chi connectivity index (χ2n) is 7.70. The standard InChI is InChI=1S/C24H28N2O5/c1-5-17-7-9-19(10-8-17)26-14-18(13-22(26)27)24(29)31-16(3)23(28)25-20-12-15(2)6-11-21(20)30-4/h6-12,16,18H,5,13-14H2,1-4H3,(H,25,28)/t16-,18-/m0/s1. The molecule has 1 saturated heterocycles. The van der Waals surface area contributed by atoms with Crippen LogP contribution >= 0.6 is 0 Å². The third kappa shape index (κ3) is 5.23. The van der Waals surface area contributed by atoms with Gasteiger partial charge in [-0.3, -0.25) is 14.4 Å². The third-order valence-electron chi connectivity index (χ3n) is 5.39. The second kappa shape index (κ2) is 9.64. The Morgan fingerprint density at radius 2 is 1.90 bits per heavy atom. The summed E-state index contributed by atoms with van der Waals surface area (Å²) in [5.74, 6) is -1.24. The predicted molar refractivity (Wildman–Crippen MR) is 118 cm³/mol. The molecule has 2 aromatic carbocycles. The minimum Gasteiger partial charge on any atom is -0.495 e. The molecule has 1 heterocycles. The van der Waals surface area contributed by atoms with Crippen LogP contribution in [0.25, 0.3) is 0 Å². The molecule has 3 rings (SSSR count). The van der Waals surface area contributed by atoms with Gasteiger partial charge in [-0.05, 0) is 55.7 Å². The van der Waals surface area contributed by atoms with Crippen LogP contribution in [0.1, 0.15) is 31.4 Å². The first kappa shape index (κ1) is 22.3. The van der Waals surface area contributed by atoms with Gasteiger partial charge in [0.05, 0.1) is 18.7 Å². The van der Waals surface area contributed by atoms with Crippen molar-refractivity contribution in [3.63, 3.8) is 0 Å². The van der Waals surface area contributed by atoms with Crippen LogP contribution in [0.15, 0.2) is 42.5 Å². The zero-order valence-corrected chi connectivity index (χ0v) is 18.3. The van der Waals surface area contributed by atoms with Gasteiger partial charge in [0.1, 0.15) is 5.75 Å². The van der Waals surface area contributed by atoms with Gasteiger partial charge < -0.3 is 19.7 Å². The van der Waals surface area contributed by atoms with E-state index in [9.17, 15) is 14.4 Å². The number of amides is 2. The highest BCUT2D eigenvalue weighted by atomic mass is 16.5. The van der Waals surface area contributed by atoms with Crippen molar-refractivity contribution in [1.82, 2.24) is 0 Å². The number of aryl methyl sites for hydroxylation is 2. The first-order chi connectivity index (χ1) is 14.8. The van der Waals surface area contributed by atoms with Crippen molar-refractivity contribution < 1.29 is 23.9 Å². The Labute approximate surface area is 182 Å². The number of carbonyl (C=O) groups excluding carboxylic acids is 3. The fraction of sp³-hybridized carbons (Fsp3) is 0.375. The van der Waals surface area contributed by atoms with E-state index in [1.54, 1.807) is 17.0 Å². The average Bonchev–Trinajstić information content (AvgIpc) is 3.15. The monoisotopic (exact) mass is 424 g/mol. The van der Waals surface area contributed by atoms with E-state index < -0.39 is 23.9 Å². The Kier molecular flexibility index (Phi) is 6.95. The molecule has 1 N–H and O–H groups in total. The van der Waals surface area contributed by atoms with Gasteiger partial charge >= 0.3 is 5.97 Å². The van der Waals surface area contributed by atoms with Crippen molar-refractivity contribution in [3.05, 3.63) is 53.6 Å². The van der Waals surface area contributed by atoms with Crippen LogP contribution in [0.3, 0.4) is 0 Å². The Balaban J connectivity index is 1.60. The van der Waals surface area contributed by atoms with Gasteiger partial charge in [-0.2, -0.15) is 0 Å². The summed E-state index contributed by atoms with van der Waals surface area (Å²) in [5.41, 5.74) is 3.40. The summed E-state index contributed by atoms with van der Waals surface area (Å²) in [6.07, 6.45) is -0.0305. The number of anilines is 2. The molecule has 0 radical (unpaired) electrons. The summed E-state index contributed by atoms with van der Waals surface area (Å²) in [7, 11) is 1.52. The lowest BCUT2D eigenvalue weighted by molar-refractivity contribution is -0.157. The lowest BCUT2D eigenvalue weighted by Gasteiger charge is -2.18. The lowest BCUT2D eigenvalue weighted by atomic mass is 10.1. The highest BCUT2D eigenvalue weighted by Gasteiger charge is 2.37. The highest BCUT2D eigenvalue weighted by Crippen LogP contribution is 2.28. The maximum Gasteiger partial charge on any atom is 0.312 e. The van der Waals surface area contributed by atoms with Crippen molar-refractivity contribution in [3.8, 4) is 5.75 Å². The highest BCUT2D eigenvalue weighted by molar-refractivity contribution is 6.00. The van der Waals surface area contributed by atoms with E-state index in [4.69, 9.17) is 9.47 Å². The number of hydrogen-bond donors (Lipinski definition) is 1. The number of ether oxygens (including phenoxy) is 2. The maximum absolute atomic E-state index is 12.6. The molecule has 164 valence electrons. The van der Waals surface area contributed by atoms with Crippen molar-refractivity contribution >= 4 is 29.2 Å². The van der Waals surface area contributed by atoms with E-state index >= 15 is 0 Å². The lowest BCUT2D eigenvalue weighted by Crippen LogP contribution is -2.33. The fourth-order valence-corrected chi connectivity index (χ4v) is 3.50. The van der Waals surface area contributed by atoms with Gasteiger partial charge in [0.25, 0.3) is 5.91 Å². The number of benzene rings is 2. The summed E-state index contributed by atoms with van der Waals surface area (Å²) in [6.45, 7) is 5.71. The van der Waals surface area contributed by atoms with Crippen LogP contribution in [0.4, 0.5) is 11.4 Å². The first-order valence-corrected chi connectivity index (χ1v) is 10.4. The summed E-state index contributed by atoms with van der Waals surface area (Å²) in [6, 6.07) is 13.1. The van der Waals surface area contributed by atoms with Crippen LogP contribution in [0.5, 0.6) is 5.75 Å². The van der Waals surface area contributed by atoms with E-state index in [2.05, 4.69) is 12.2 Å². The fourth-order valence-electron chi connectivity index (χ4n) is 3.50. The topological polar surface area (TPSA) is 84.9 Å². The summed E-state index contributed by atoms with van der Waals surface area (Å²) in [4.78, 5) is 39.2. The molecule has 2 atom stereocenters. The number of carbonyl (C=O) groups is 3. The summed E-state index contributed by atoms with van der Waals surface area (Å²) < 4.78 is 10.6. The number of nitrogens with zero attached hydrogens (tertiary/aromatic N) is 1. The zero-order chi connectivity index (χ0) is 22.5. The molecule has 0 bridgehead atoms. The van der Waals surface area contributed by atoms with E-state index in [0.717, 1.165) is 17.7 Å². The maximum atomic E-state index is 12.6. The smallest absolute Gasteiger partial charge is 0.312 e. The second-order valence-corrected chi connectivity index (χ2v) is 7.70. The average molecular weight is 424 g/mol. The molecule has 0 unspecified atom stereocenters. The van der Waals surface area contributed by atoms with Crippen LogP contribution < -0.4 is 15.0 Å². The molecule has 1 aliphatic rings. The molecule has 0 aliphatic carbocycles. The SMILES string of the molecule is CCc1ccc(N2C[C@@H](C(=O)O[C@@H](C)C(=O)Nc3cc(C)ccc3OC)CC2=O)cc1. The van der Waals surface area contributed by atoms with E-state index in [-0.39, 0.29) is 18.9 Å². The van der Waals surface area contributed by atoms with Crippen molar-refractivity contribution in [2.24, 2.45) is 5.92 Å². The van der Waals surface area contributed by atoms with Gasteiger partial charge in [0, 0.05) is 18.7 Å². The quantitative estimate of drug-likeness (QED) is 0.688. The van der Waals surface area contributed by atoms with E-state index in [0.29, 0.717) is 11.4 Å². The van der Waals surface area contributed by atoms with E-state index in [1.165, 1.54) is 19.6 Å². The van der Waals surface area contributed by atoms with Gasteiger partial charge in [-0.25, -0.2) is 0 Å². The van der Waals surface area contributed by atoms with Crippen molar-refractivity contribution in [2.75, 3.05) is 23.9 Å². The molecule has 1 fully saturated rings. The molecule has 1 aliphatic heterocycles. The molecule has 2 amide bonds. The predicted octanol–water partition coefficient (Wildman–Crippen LogP) is 3.49. The van der Waals surface area contributed by atoms with Gasteiger partial charge in [0.15, 0.2) is 6.10 Å². The number of hydrogen-bond acceptors (Lipinski definition) is 5. The van der Waals surface area contributed by atoms with Crippen LogP contribution in [0, 0.1) is 12.8 Å². The molecule has 0 saturated carbocycles. The van der Waals surface area contributed by atoms with Crippen LogP contribution in [-0.2, 0) is 25.5 Å². The minimum absolute atomic E-state index is 0.0639. The van der Waals surface area contributed by atoms with Gasteiger partial charge in [-0.15, -0.1) is 0 Å². The summed E-state index contributed by atoms with van der Waals surface area (Å²) in [5, 5.41) is 2.73. The normalized spacial score (nSPS) is 16.7. The molecule has 31 heavy (non-hydrogen) atoms. The minimum atomic E-state index is -1.01. The van der Waals surface area contributed by atoms with Gasteiger partial charge in [-0.1, -0.05) is 25.1 Å².